The van der Waals surface area contributed by atoms with Gasteiger partial charge < -0.3 is 50.2 Å². The first-order valence-corrected chi connectivity index (χ1v) is 27.2. The number of nitrogens with zero attached hydrogens (tertiary/aromatic N) is 5. The molecule has 5 heterocycles. The molecule has 5 fully saturated rings. The third kappa shape index (κ3) is 14.2. The lowest BCUT2D eigenvalue weighted by Crippen LogP contribution is -2.47. The molecule has 0 radical (unpaired) electrons. The van der Waals surface area contributed by atoms with Gasteiger partial charge in [-0.15, -0.1) is 0 Å². The van der Waals surface area contributed by atoms with E-state index in [1.165, 1.54) is 25.3 Å². The van der Waals surface area contributed by atoms with Crippen molar-refractivity contribution in [2.45, 2.75) is 139 Å². The van der Waals surface area contributed by atoms with Crippen LogP contribution in [0.25, 0.3) is 0 Å². The summed E-state index contributed by atoms with van der Waals surface area (Å²) >= 11 is 0. The number of anilines is 1. The van der Waals surface area contributed by atoms with Gasteiger partial charge in [0.1, 0.15) is 11.8 Å². The number of hydrogen-bond donors (Lipinski definition) is 4. The molecular formula is C56H74F3N9O9. The van der Waals surface area contributed by atoms with Crippen molar-refractivity contribution in [1.82, 2.24) is 40.6 Å². The largest absolute Gasteiger partial charge is 0.417 e. The van der Waals surface area contributed by atoms with E-state index in [0.29, 0.717) is 90.0 Å². The number of likely N-dealkylation sites (N-methyl/N-ethyl adjacent to an activating group) is 1. The Kier molecular flexibility index (Phi) is 19.0. The Morgan fingerprint density at radius 2 is 1.51 bits per heavy atom. The van der Waals surface area contributed by atoms with Crippen LogP contribution in [-0.2, 0) is 44.7 Å². The van der Waals surface area contributed by atoms with Crippen LogP contribution in [0.2, 0.25) is 0 Å². The number of halogens is 3. The summed E-state index contributed by atoms with van der Waals surface area (Å²) in [7, 11) is 3.68. The Bertz CT molecular complexity index is 2520. The van der Waals surface area contributed by atoms with Crippen LogP contribution in [0, 0.1) is 17.8 Å². The molecule has 4 N–H and O–H groups in total. The first kappa shape index (κ1) is 57.2. The first-order chi connectivity index (χ1) is 36.9. The van der Waals surface area contributed by atoms with Crippen molar-refractivity contribution in [3.05, 3.63) is 89.5 Å². The van der Waals surface area contributed by atoms with Crippen molar-refractivity contribution < 1.29 is 56.1 Å². The highest BCUT2D eigenvalue weighted by atomic mass is 19.4. The van der Waals surface area contributed by atoms with E-state index in [1.54, 1.807) is 59.6 Å². The lowest BCUT2D eigenvalue weighted by atomic mass is 9.77. The molecule has 18 nitrogen and oxygen atoms in total. The van der Waals surface area contributed by atoms with Gasteiger partial charge >= 0.3 is 6.18 Å². The van der Waals surface area contributed by atoms with E-state index in [9.17, 15) is 41.9 Å². The Hall–Kier alpha value is -6.03. The molecule has 1 aromatic carbocycles. The van der Waals surface area contributed by atoms with Gasteiger partial charge in [0.2, 0.25) is 23.6 Å². The highest BCUT2D eigenvalue weighted by Gasteiger charge is 2.65. The third-order valence-corrected chi connectivity index (χ3v) is 16.5. The number of likely N-dealkylation sites (tertiary alicyclic amines) is 1. The molecule has 5 aliphatic rings. The summed E-state index contributed by atoms with van der Waals surface area (Å²) in [5.74, 6) is -4.31. The minimum atomic E-state index is -4.78. The monoisotopic (exact) mass is 1070 g/mol. The maximum Gasteiger partial charge on any atom is 0.417 e. The molecule has 3 aromatic rings. The van der Waals surface area contributed by atoms with Crippen LogP contribution < -0.4 is 21.3 Å². The summed E-state index contributed by atoms with van der Waals surface area (Å²) < 4.78 is 61.6. The maximum absolute atomic E-state index is 14.6. The van der Waals surface area contributed by atoms with Gasteiger partial charge in [-0.1, -0.05) is 37.3 Å². The number of nitrogens with one attached hydrogen (secondary N) is 4. The van der Waals surface area contributed by atoms with E-state index < -0.39 is 41.5 Å². The summed E-state index contributed by atoms with van der Waals surface area (Å²) in [5.41, 5.74) is -0.262. The van der Waals surface area contributed by atoms with Gasteiger partial charge in [0, 0.05) is 114 Å². The highest BCUT2D eigenvalue weighted by molar-refractivity contribution is 5.98. The maximum atomic E-state index is 14.6. The molecule has 6 atom stereocenters. The molecule has 2 aliphatic carbocycles. The highest BCUT2D eigenvalue weighted by Crippen LogP contribution is 2.53. The smallest absolute Gasteiger partial charge is 0.378 e. The zero-order chi connectivity index (χ0) is 54.9. The van der Waals surface area contributed by atoms with Crippen LogP contribution in [0.15, 0.2) is 67.1 Å². The lowest BCUT2D eigenvalue weighted by Gasteiger charge is -2.32. The fourth-order valence-corrected chi connectivity index (χ4v) is 11.5. The molecule has 2 saturated carbocycles. The molecule has 3 aliphatic heterocycles. The molecule has 0 bridgehead atoms. The van der Waals surface area contributed by atoms with Crippen LogP contribution in [-0.4, -0.2) is 156 Å². The number of piperazine rings is 1. The average molecular weight is 1070 g/mol. The molecular weight excluding hydrogens is 1000 g/mol. The Morgan fingerprint density at radius 3 is 2.17 bits per heavy atom. The van der Waals surface area contributed by atoms with Crippen molar-refractivity contribution in [2.24, 2.45) is 17.8 Å². The van der Waals surface area contributed by atoms with Gasteiger partial charge in [-0.3, -0.25) is 38.7 Å². The van der Waals surface area contributed by atoms with Crippen LogP contribution in [0.4, 0.5) is 18.9 Å². The minimum Gasteiger partial charge on any atom is -0.378 e. The Morgan fingerprint density at radius 1 is 0.818 bits per heavy atom. The lowest BCUT2D eigenvalue weighted by molar-refractivity contribution is -0.272. The molecule has 8 rings (SSSR count). The van der Waals surface area contributed by atoms with Crippen molar-refractivity contribution in [3.63, 3.8) is 0 Å². The fraction of sp³-hybridized carbons (Fsp3) is 0.607. The molecule has 77 heavy (non-hydrogen) atoms. The standard InChI is InChI=1S/C56H74F3N9O9/c1-35-48(50(77-55(35,2)56(57,58)59)53(73)65-41-21-23-61-45(31-41)54(74)68-27-25-66(3)26-28-68)37-11-9-36(10-12-37)33-63-51(71)38-13-15-40(16-14-38)64-46(69)8-6-29-75-42-17-19-43(20-18-42)76-30-24-62-52(72)44-32-47(70)67(4)49(44)39-7-5-22-60-34-39/h5,7,9-12,21-23,31,34-35,38,40,42-44,48-50H,6,8,13-20,24-30,32-33H2,1-4H3,(H,62,72)(H,63,71)(H,64,69)(H,61,65,73)/t35-,38?,40?,42?,43?,44-,48-,49+,50+,55+/m0/s1. The Balaban J connectivity index is 0.703. The van der Waals surface area contributed by atoms with E-state index in [1.807, 2.05) is 13.1 Å². The van der Waals surface area contributed by atoms with E-state index in [0.717, 1.165) is 43.7 Å². The van der Waals surface area contributed by atoms with Gasteiger partial charge in [-0.2, -0.15) is 13.2 Å². The van der Waals surface area contributed by atoms with E-state index in [-0.39, 0.29) is 84.1 Å². The number of carbonyl (C=O) groups excluding carboxylic acids is 6. The Labute approximate surface area is 448 Å². The first-order valence-electron chi connectivity index (χ1n) is 27.2. The molecule has 0 spiro atoms. The normalized spacial score (nSPS) is 28.0. The minimum absolute atomic E-state index is 0.0217. The van der Waals surface area contributed by atoms with Crippen LogP contribution in [0.1, 0.15) is 124 Å². The van der Waals surface area contributed by atoms with Crippen molar-refractivity contribution in [2.75, 3.05) is 65.3 Å². The number of pyridine rings is 2. The number of aromatic nitrogens is 2. The number of ether oxygens (including phenoxy) is 3. The van der Waals surface area contributed by atoms with E-state index >= 15 is 0 Å². The van der Waals surface area contributed by atoms with Crippen LogP contribution >= 0.6 is 0 Å². The molecule has 2 aromatic heterocycles. The summed E-state index contributed by atoms with van der Waals surface area (Å²) in [6.07, 6.45) is 5.66. The molecule has 3 saturated heterocycles. The van der Waals surface area contributed by atoms with E-state index in [2.05, 4.69) is 36.1 Å². The zero-order valence-electron chi connectivity index (χ0n) is 44.5. The predicted octanol–water partition coefficient (Wildman–Crippen LogP) is 5.69. The second-order valence-corrected chi connectivity index (χ2v) is 21.6. The molecule has 6 amide bonds. The quantitative estimate of drug-likeness (QED) is 0.107. The van der Waals surface area contributed by atoms with Crippen LogP contribution in [0.3, 0.4) is 0 Å². The second-order valence-electron chi connectivity index (χ2n) is 21.6. The number of amides is 6. The summed E-state index contributed by atoms with van der Waals surface area (Å²) in [4.78, 5) is 92.4. The SMILES string of the molecule is C[C@H]1[C@@H](c2ccc(CNC(=O)C3CCC(NC(=O)CCCOC4CCC(OCCNC(=O)[C@H]5CC(=O)N(C)[C@@H]5c5cccnc5)CC4)CC3)cc2)[C@H](C(=O)Nc2ccnc(C(=O)N3CCN(C)CC3)c2)O[C@@]1(C)C(F)(F)F. The molecule has 418 valence electrons. The predicted molar refractivity (Wildman–Crippen MR) is 278 cm³/mol. The number of benzene rings is 1. The van der Waals surface area contributed by atoms with Crippen molar-refractivity contribution in [1.29, 1.82) is 0 Å². The van der Waals surface area contributed by atoms with Gasteiger partial charge in [0.15, 0.2) is 5.60 Å². The number of rotatable bonds is 19. The van der Waals surface area contributed by atoms with Crippen molar-refractivity contribution in [3.8, 4) is 0 Å². The number of alkyl halides is 3. The second kappa shape index (κ2) is 25.6. The number of hydrogen-bond acceptors (Lipinski definition) is 12. The topological polar surface area (TPSA) is 214 Å². The average Bonchev–Trinajstić information content (AvgIpc) is 3.91. The fourth-order valence-electron chi connectivity index (χ4n) is 11.5. The molecule has 0 unspecified atom stereocenters. The van der Waals surface area contributed by atoms with Crippen LogP contribution in [0.5, 0.6) is 0 Å². The summed E-state index contributed by atoms with van der Waals surface area (Å²) in [6.45, 7) is 6.25. The summed E-state index contributed by atoms with van der Waals surface area (Å²) in [5, 5.41) is 11.8. The van der Waals surface area contributed by atoms with Gasteiger partial charge in [-0.05, 0) is 107 Å². The zero-order valence-corrected chi connectivity index (χ0v) is 44.5. The molecule has 21 heteroatoms. The third-order valence-electron chi connectivity index (χ3n) is 16.5. The summed E-state index contributed by atoms with van der Waals surface area (Å²) in [6, 6.07) is 13.0. The van der Waals surface area contributed by atoms with Crippen molar-refractivity contribution >= 4 is 41.1 Å². The van der Waals surface area contributed by atoms with Gasteiger partial charge in [0.25, 0.3) is 11.8 Å². The number of carbonyl (C=O) groups is 6. The van der Waals surface area contributed by atoms with Gasteiger partial charge in [0.05, 0.1) is 30.8 Å². The van der Waals surface area contributed by atoms with Gasteiger partial charge in [-0.25, -0.2) is 0 Å². The van der Waals surface area contributed by atoms with E-state index in [4.69, 9.17) is 14.2 Å².